The number of nitrogens with zero attached hydrogens (tertiary/aromatic N) is 4. The number of hydrogen-bond acceptors (Lipinski definition) is 4. The van der Waals surface area contributed by atoms with Crippen LogP contribution in [-0.4, -0.2) is 33.3 Å². The summed E-state index contributed by atoms with van der Waals surface area (Å²) < 4.78 is 0. The van der Waals surface area contributed by atoms with E-state index < -0.39 is 0 Å². The van der Waals surface area contributed by atoms with Crippen molar-refractivity contribution in [3.8, 4) is 0 Å². The molecule has 76 valence electrons. The Balaban J connectivity index is 2.09. The molecule has 0 atom stereocenters. The van der Waals surface area contributed by atoms with Crippen molar-refractivity contribution < 1.29 is 0 Å². The van der Waals surface area contributed by atoms with Crippen LogP contribution in [0.1, 0.15) is 6.42 Å². The van der Waals surface area contributed by atoms with E-state index in [2.05, 4.69) is 37.2 Å². The fraction of sp³-hybridized carbons (Fsp3) is 0.300. The van der Waals surface area contributed by atoms with Gasteiger partial charge < -0.3 is 4.90 Å². The van der Waals surface area contributed by atoms with E-state index in [0.29, 0.717) is 0 Å². The molecule has 2 aromatic rings. The molecule has 1 N–H and O–H groups in total. The van der Waals surface area contributed by atoms with Crippen LogP contribution in [-0.2, 0) is 0 Å². The Labute approximate surface area is 86.8 Å². The summed E-state index contributed by atoms with van der Waals surface area (Å²) in [5.41, 5.74) is 0.801. The van der Waals surface area contributed by atoms with Crippen molar-refractivity contribution in [2.75, 3.05) is 18.0 Å². The molecule has 5 heteroatoms. The maximum absolute atomic E-state index is 4.32. The van der Waals surface area contributed by atoms with Crippen molar-refractivity contribution in [2.45, 2.75) is 6.42 Å². The summed E-state index contributed by atoms with van der Waals surface area (Å²) in [6.45, 7) is 1.92. The lowest BCUT2D eigenvalue weighted by Crippen LogP contribution is -2.27. The first-order chi connectivity index (χ1) is 7.45. The molecular formula is C10H11N5. The maximum atomic E-state index is 4.32. The monoisotopic (exact) mass is 201 g/mol. The van der Waals surface area contributed by atoms with E-state index in [0.717, 1.165) is 36.4 Å². The highest BCUT2D eigenvalue weighted by atomic mass is 15.2. The van der Waals surface area contributed by atoms with Gasteiger partial charge in [0.1, 0.15) is 12.1 Å². The molecule has 15 heavy (non-hydrogen) atoms. The van der Waals surface area contributed by atoms with Crippen LogP contribution in [0.25, 0.3) is 11.0 Å². The van der Waals surface area contributed by atoms with Crippen LogP contribution in [0.5, 0.6) is 0 Å². The SMILES string of the molecule is C1=CCN(c2ncnc3[nH]ncc23)CC1. The van der Waals surface area contributed by atoms with Gasteiger partial charge in [-0.1, -0.05) is 12.2 Å². The number of rotatable bonds is 1. The van der Waals surface area contributed by atoms with Crippen molar-refractivity contribution in [1.82, 2.24) is 20.2 Å². The second kappa shape index (κ2) is 3.34. The van der Waals surface area contributed by atoms with E-state index in [1.54, 1.807) is 12.5 Å². The molecule has 0 aromatic carbocycles. The molecule has 0 unspecified atom stereocenters. The number of anilines is 1. The van der Waals surface area contributed by atoms with Gasteiger partial charge in [0, 0.05) is 13.1 Å². The average molecular weight is 201 g/mol. The normalized spacial score (nSPS) is 16.1. The van der Waals surface area contributed by atoms with Gasteiger partial charge in [-0.2, -0.15) is 5.10 Å². The van der Waals surface area contributed by atoms with Gasteiger partial charge >= 0.3 is 0 Å². The molecule has 0 saturated heterocycles. The molecule has 1 aliphatic rings. The Kier molecular flexibility index (Phi) is 1.87. The molecule has 2 aromatic heterocycles. The lowest BCUT2D eigenvalue weighted by Gasteiger charge is -2.24. The van der Waals surface area contributed by atoms with Crippen molar-refractivity contribution in [2.24, 2.45) is 0 Å². The fourth-order valence-electron chi connectivity index (χ4n) is 1.84. The topological polar surface area (TPSA) is 57.7 Å². The number of aromatic amines is 1. The van der Waals surface area contributed by atoms with Crippen LogP contribution in [0.15, 0.2) is 24.7 Å². The van der Waals surface area contributed by atoms with Crippen LogP contribution < -0.4 is 4.90 Å². The zero-order valence-electron chi connectivity index (χ0n) is 8.22. The molecule has 0 aliphatic carbocycles. The van der Waals surface area contributed by atoms with Crippen molar-refractivity contribution in [3.63, 3.8) is 0 Å². The van der Waals surface area contributed by atoms with E-state index in [9.17, 15) is 0 Å². The summed E-state index contributed by atoms with van der Waals surface area (Å²) in [6.07, 6.45) is 8.79. The fourth-order valence-corrected chi connectivity index (χ4v) is 1.84. The summed E-state index contributed by atoms with van der Waals surface area (Å²) in [7, 11) is 0. The van der Waals surface area contributed by atoms with Gasteiger partial charge in [-0.25, -0.2) is 9.97 Å². The molecule has 0 fully saturated rings. The first-order valence-electron chi connectivity index (χ1n) is 4.99. The largest absolute Gasteiger partial charge is 0.352 e. The third-order valence-electron chi connectivity index (χ3n) is 2.58. The van der Waals surface area contributed by atoms with E-state index >= 15 is 0 Å². The minimum absolute atomic E-state index is 0.801. The van der Waals surface area contributed by atoms with Crippen LogP contribution >= 0.6 is 0 Å². The first-order valence-corrected chi connectivity index (χ1v) is 4.99. The number of fused-ring (bicyclic) bond motifs is 1. The average Bonchev–Trinajstić information content (AvgIpc) is 2.78. The second-order valence-corrected chi connectivity index (χ2v) is 3.54. The summed E-state index contributed by atoms with van der Waals surface area (Å²) in [4.78, 5) is 10.7. The molecule has 0 radical (unpaired) electrons. The van der Waals surface area contributed by atoms with Crippen molar-refractivity contribution in [3.05, 3.63) is 24.7 Å². The summed E-state index contributed by atoms with van der Waals surface area (Å²) >= 11 is 0. The molecule has 5 nitrogen and oxygen atoms in total. The molecule has 3 heterocycles. The second-order valence-electron chi connectivity index (χ2n) is 3.54. The zero-order valence-corrected chi connectivity index (χ0v) is 8.22. The van der Waals surface area contributed by atoms with E-state index in [1.165, 1.54) is 0 Å². The van der Waals surface area contributed by atoms with Crippen molar-refractivity contribution >= 4 is 16.9 Å². The lowest BCUT2D eigenvalue weighted by atomic mass is 10.2. The maximum Gasteiger partial charge on any atom is 0.160 e. The Hall–Kier alpha value is -1.91. The van der Waals surface area contributed by atoms with E-state index in [-0.39, 0.29) is 0 Å². The van der Waals surface area contributed by atoms with Crippen LogP contribution in [0.2, 0.25) is 0 Å². The third kappa shape index (κ3) is 1.36. The summed E-state index contributed by atoms with van der Waals surface area (Å²) in [5, 5.41) is 7.83. The number of nitrogens with one attached hydrogen (secondary N) is 1. The van der Waals surface area contributed by atoms with Crippen LogP contribution in [0, 0.1) is 0 Å². The summed E-state index contributed by atoms with van der Waals surface area (Å²) in [6, 6.07) is 0. The predicted octanol–water partition coefficient (Wildman–Crippen LogP) is 1.12. The van der Waals surface area contributed by atoms with Gasteiger partial charge in [-0.15, -0.1) is 0 Å². The van der Waals surface area contributed by atoms with Crippen molar-refractivity contribution in [1.29, 1.82) is 0 Å². The quantitative estimate of drug-likeness (QED) is 0.702. The Morgan fingerprint density at radius 1 is 1.27 bits per heavy atom. The van der Waals surface area contributed by atoms with Gasteiger partial charge in [0.15, 0.2) is 5.65 Å². The third-order valence-corrected chi connectivity index (χ3v) is 2.58. The zero-order chi connectivity index (χ0) is 10.1. The number of aromatic nitrogens is 4. The predicted molar refractivity (Wildman–Crippen MR) is 57.7 cm³/mol. The number of hydrogen-bond donors (Lipinski definition) is 1. The van der Waals surface area contributed by atoms with Crippen LogP contribution in [0.4, 0.5) is 5.82 Å². The molecular weight excluding hydrogens is 190 g/mol. The summed E-state index contributed by atoms with van der Waals surface area (Å²) in [5.74, 6) is 0.970. The smallest absolute Gasteiger partial charge is 0.160 e. The van der Waals surface area contributed by atoms with E-state index in [1.807, 2.05) is 0 Å². The molecule has 0 bridgehead atoms. The highest BCUT2D eigenvalue weighted by Gasteiger charge is 2.13. The highest BCUT2D eigenvalue weighted by Crippen LogP contribution is 2.22. The molecule has 3 rings (SSSR count). The van der Waals surface area contributed by atoms with Gasteiger partial charge in [-0.3, -0.25) is 5.10 Å². The standard InChI is InChI=1S/C10H11N5/c1-2-4-15(5-3-1)10-8-6-13-14-9(8)11-7-12-10/h1-2,6-7H,3-5H2,(H,11,12,13,14). The minimum Gasteiger partial charge on any atom is -0.352 e. The van der Waals surface area contributed by atoms with E-state index in [4.69, 9.17) is 0 Å². The van der Waals surface area contributed by atoms with Crippen LogP contribution in [0.3, 0.4) is 0 Å². The van der Waals surface area contributed by atoms with Gasteiger partial charge in [0.05, 0.1) is 11.6 Å². The van der Waals surface area contributed by atoms with Gasteiger partial charge in [0.2, 0.25) is 0 Å². The minimum atomic E-state index is 0.801. The lowest BCUT2D eigenvalue weighted by molar-refractivity contribution is 0.808. The molecule has 0 saturated carbocycles. The highest BCUT2D eigenvalue weighted by molar-refractivity contribution is 5.86. The molecule has 0 spiro atoms. The molecule has 1 aliphatic heterocycles. The Bertz CT molecular complexity index is 501. The number of H-pyrrole nitrogens is 1. The van der Waals surface area contributed by atoms with Gasteiger partial charge in [0.25, 0.3) is 0 Å². The Morgan fingerprint density at radius 2 is 2.27 bits per heavy atom. The molecule has 0 amide bonds. The first kappa shape index (κ1) is 8.40. The van der Waals surface area contributed by atoms with Gasteiger partial charge in [-0.05, 0) is 6.42 Å². The Morgan fingerprint density at radius 3 is 3.13 bits per heavy atom.